The normalized spacial score (nSPS) is 16.6. The number of nitrogens with one attached hydrogen (secondary N) is 1. The highest BCUT2D eigenvalue weighted by Crippen LogP contribution is 2.24. The van der Waals surface area contributed by atoms with Crippen LogP contribution < -0.4 is 10.1 Å². The number of methoxy groups -OCH3 is 1. The van der Waals surface area contributed by atoms with E-state index in [-0.39, 0.29) is 12.1 Å². The molecule has 1 aliphatic rings. The molecule has 1 fully saturated rings. The molecule has 1 aliphatic heterocycles. The number of hydrogen-bond donors (Lipinski definition) is 1. The summed E-state index contributed by atoms with van der Waals surface area (Å²) in [6.07, 6.45) is 0. The average Bonchev–Trinajstić information content (AvgIpc) is 2.81. The third-order valence-electron chi connectivity index (χ3n) is 3.44. The first-order valence-electron chi connectivity index (χ1n) is 6.45. The standard InChI is InChI=1S/C14H21N3O2/c1-16(2)13(10-17-8-7-15-14(17)18)11-5-4-6-12(9-11)19-3/h4-6,9,13H,7-8,10H2,1-3H3,(H,15,18). The summed E-state index contributed by atoms with van der Waals surface area (Å²) in [6, 6.07) is 8.20. The highest BCUT2D eigenvalue weighted by molar-refractivity contribution is 5.76. The van der Waals surface area contributed by atoms with Gasteiger partial charge in [-0.05, 0) is 31.8 Å². The van der Waals surface area contributed by atoms with Crippen LogP contribution in [-0.4, -0.2) is 56.7 Å². The van der Waals surface area contributed by atoms with E-state index in [2.05, 4.69) is 16.3 Å². The fourth-order valence-corrected chi connectivity index (χ4v) is 2.31. The Balaban J connectivity index is 2.16. The lowest BCUT2D eigenvalue weighted by atomic mass is 10.1. The lowest BCUT2D eigenvalue weighted by Crippen LogP contribution is -2.36. The summed E-state index contributed by atoms with van der Waals surface area (Å²) in [5.41, 5.74) is 1.16. The summed E-state index contributed by atoms with van der Waals surface area (Å²) in [4.78, 5) is 15.6. The molecule has 2 amide bonds. The molecule has 1 heterocycles. The molecule has 1 aromatic rings. The average molecular weight is 263 g/mol. The van der Waals surface area contributed by atoms with Gasteiger partial charge in [0, 0.05) is 19.6 Å². The van der Waals surface area contributed by atoms with Gasteiger partial charge in [-0.15, -0.1) is 0 Å². The summed E-state index contributed by atoms with van der Waals surface area (Å²) in [5, 5.41) is 2.83. The minimum Gasteiger partial charge on any atom is -0.497 e. The van der Waals surface area contributed by atoms with E-state index in [0.717, 1.165) is 24.4 Å². The molecule has 0 aromatic heterocycles. The molecule has 1 unspecified atom stereocenters. The molecule has 5 nitrogen and oxygen atoms in total. The molecule has 1 N–H and O–H groups in total. The molecule has 0 aliphatic carbocycles. The van der Waals surface area contributed by atoms with Gasteiger partial charge < -0.3 is 19.9 Å². The molecular formula is C14H21N3O2. The Bertz CT molecular complexity index is 448. The maximum absolute atomic E-state index is 11.7. The minimum absolute atomic E-state index is 0.0229. The number of hydrogen-bond acceptors (Lipinski definition) is 3. The molecule has 1 atom stereocenters. The van der Waals surface area contributed by atoms with E-state index in [4.69, 9.17) is 4.74 Å². The van der Waals surface area contributed by atoms with Gasteiger partial charge in [-0.2, -0.15) is 0 Å². The van der Waals surface area contributed by atoms with Gasteiger partial charge in [0.15, 0.2) is 0 Å². The minimum atomic E-state index is 0.0229. The second kappa shape index (κ2) is 5.93. The molecule has 5 heteroatoms. The van der Waals surface area contributed by atoms with Crippen LogP contribution in [0.1, 0.15) is 11.6 Å². The highest BCUT2D eigenvalue weighted by atomic mass is 16.5. The van der Waals surface area contributed by atoms with E-state index in [1.165, 1.54) is 0 Å². The molecule has 104 valence electrons. The monoisotopic (exact) mass is 263 g/mol. The summed E-state index contributed by atoms with van der Waals surface area (Å²) in [6.45, 7) is 2.19. The molecule has 0 radical (unpaired) electrons. The van der Waals surface area contributed by atoms with E-state index in [1.54, 1.807) is 7.11 Å². The summed E-state index contributed by atoms with van der Waals surface area (Å²) < 4.78 is 5.26. The lowest BCUT2D eigenvalue weighted by Gasteiger charge is -2.29. The van der Waals surface area contributed by atoms with Crippen LogP contribution in [-0.2, 0) is 0 Å². The Labute approximate surface area is 114 Å². The largest absolute Gasteiger partial charge is 0.497 e. The number of carbonyl (C=O) groups is 1. The SMILES string of the molecule is COc1cccc(C(CN2CCNC2=O)N(C)C)c1. The molecule has 19 heavy (non-hydrogen) atoms. The maximum atomic E-state index is 11.7. The second-order valence-electron chi connectivity index (χ2n) is 4.93. The van der Waals surface area contributed by atoms with Crippen LogP contribution in [0.5, 0.6) is 5.75 Å². The topological polar surface area (TPSA) is 44.8 Å². The first kappa shape index (κ1) is 13.7. The van der Waals surface area contributed by atoms with E-state index >= 15 is 0 Å². The van der Waals surface area contributed by atoms with Crippen LogP contribution in [0.25, 0.3) is 0 Å². The molecular weight excluding hydrogens is 242 g/mol. The van der Waals surface area contributed by atoms with Crippen LogP contribution in [0.4, 0.5) is 4.79 Å². The van der Waals surface area contributed by atoms with Crippen molar-refractivity contribution in [1.29, 1.82) is 0 Å². The highest BCUT2D eigenvalue weighted by Gasteiger charge is 2.25. The van der Waals surface area contributed by atoms with Crippen LogP contribution in [0.15, 0.2) is 24.3 Å². The predicted octanol–water partition coefficient (Wildman–Crippen LogP) is 1.32. The van der Waals surface area contributed by atoms with Gasteiger partial charge >= 0.3 is 6.03 Å². The molecule has 0 spiro atoms. The van der Waals surface area contributed by atoms with Gasteiger partial charge in [0.1, 0.15) is 5.75 Å². The Kier molecular flexibility index (Phi) is 4.27. The number of nitrogens with zero attached hydrogens (tertiary/aromatic N) is 2. The smallest absolute Gasteiger partial charge is 0.317 e. The summed E-state index contributed by atoms with van der Waals surface area (Å²) >= 11 is 0. The first-order chi connectivity index (χ1) is 9.11. The van der Waals surface area contributed by atoms with E-state index in [1.807, 2.05) is 37.2 Å². The maximum Gasteiger partial charge on any atom is 0.317 e. The third-order valence-corrected chi connectivity index (χ3v) is 3.44. The zero-order valence-corrected chi connectivity index (χ0v) is 11.7. The Morgan fingerprint density at radius 3 is 2.84 bits per heavy atom. The summed E-state index contributed by atoms with van der Waals surface area (Å²) in [5.74, 6) is 0.843. The first-order valence-corrected chi connectivity index (χ1v) is 6.45. The van der Waals surface area contributed by atoms with Gasteiger partial charge in [0.25, 0.3) is 0 Å². The molecule has 2 rings (SSSR count). The number of ether oxygens (including phenoxy) is 1. The van der Waals surface area contributed by atoms with Crippen molar-refractivity contribution >= 4 is 6.03 Å². The fraction of sp³-hybridized carbons (Fsp3) is 0.500. The molecule has 1 aromatic carbocycles. The zero-order chi connectivity index (χ0) is 13.8. The number of benzene rings is 1. The Morgan fingerprint density at radius 1 is 1.47 bits per heavy atom. The van der Waals surface area contributed by atoms with E-state index in [9.17, 15) is 4.79 Å². The quantitative estimate of drug-likeness (QED) is 0.871. The number of urea groups is 1. The third kappa shape index (κ3) is 3.17. The van der Waals surface area contributed by atoms with Crippen molar-refractivity contribution in [2.75, 3.05) is 40.8 Å². The number of likely N-dealkylation sites (N-methyl/N-ethyl adjacent to an activating group) is 1. The predicted molar refractivity (Wildman–Crippen MR) is 74.4 cm³/mol. The molecule has 1 saturated heterocycles. The number of amides is 2. The van der Waals surface area contributed by atoms with Crippen molar-refractivity contribution < 1.29 is 9.53 Å². The van der Waals surface area contributed by atoms with Gasteiger partial charge in [0.05, 0.1) is 13.2 Å². The van der Waals surface area contributed by atoms with Crippen molar-refractivity contribution in [2.24, 2.45) is 0 Å². The van der Waals surface area contributed by atoms with Crippen molar-refractivity contribution in [3.8, 4) is 5.75 Å². The van der Waals surface area contributed by atoms with Crippen LogP contribution in [0, 0.1) is 0 Å². The van der Waals surface area contributed by atoms with E-state index in [0.29, 0.717) is 6.54 Å². The van der Waals surface area contributed by atoms with Crippen molar-refractivity contribution in [2.45, 2.75) is 6.04 Å². The molecule has 0 saturated carbocycles. The second-order valence-corrected chi connectivity index (χ2v) is 4.93. The van der Waals surface area contributed by atoms with Gasteiger partial charge in [0.2, 0.25) is 0 Å². The van der Waals surface area contributed by atoms with Gasteiger partial charge in [-0.3, -0.25) is 0 Å². The van der Waals surface area contributed by atoms with E-state index < -0.39 is 0 Å². The van der Waals surface area contributed by atoms with Gasteiger partial charge in [-0.25, -0.2) is 4.79 Å². The van der Waals surface area contributed by atoms with Crippen LogP contribution in [0.2, 0.25) is 0 Å². The zero-order valence-electron chi connectivity index (χ0n) is 11.7. The van der Waals surface area contributed by atoms with Gasteiger partial charge in [-0.1, -0.05) is 12.1 Å². The molecule has 0 bridgehead atoms. The lowest BCUT2D eigenvalue weighted by molar-refractivity contribution is 0.191. The van der Waals surface area contributed by atoms with Crippen molar-refractivity contribution in [1.82, 2.24) is 15.1 Å². The van der Waals surface area contributed by atoms with Crippen LogP contribution in [0.3, 0.4) is 0 Å². The van der Waals surface area contributed by atoms with Crippen molar-refractivity contribution in [3.05, 3.63) is 29.8 Å². The fourth-order valence-electron chi connectivity index (χ4n) is 2.31. The summed E-state index contributed by atoms with van der Waals surface area (Å²) in [7, 11) is 5.72. The number of rotatable bonds is 5. The van der Waals surface area contributed by atoms with Crippen molar-refractivity contribution in [3.63, 3.8) is 0 Å². The Hall–Kier alpha value is -1.75. The Morgan fingerprint density at radius 2 is 2.26 bits per heavy atom. The number of carbonyl (C=O) groups excluding carboxylic acids is 1. The van der Waals surface area contributed by atoms with Crippen LogP contribution >= 0.6 is 0 Å².